The van der Waals surface area contributed by atoms with E-state index in [4.69, 9.17) is 11.3 Å². The molecule has 7 rings (SSSR count). The van der Waals surface area contributed by atoms with Gasteiger partial charge in [0.15, 0.2) is 0 Å². The average Bonchev–Trinajstić information content (AvgIpc) is 3.02. The number of aromatic hydroxyl groups is 1. The number of para-hydroxylation sites is 1. The summed E-state index contributed by atoms with van der Waals surface area (Å²) < 4.78 is 8.22. The molecule has 42 heavy (non-hydrogen) atoms. The van der Waals surface area contributed by atoms with Crippen LogP contribution in [-0.4, -0.2) is 22.1 Å². The molecule has 206 valence electrons. The van der Waals surface area contributed by atoms with E-state index in [9.17, 15) is 5.11 Å². The van der Waals surface area contributed by atoms with Gasteiger partial charge in [-0.05, 0) is 70.6 Å². The highest BCUT2D eigenvalue weighted by Crippen LogP contribution is 2.52. The maximum atomic E-state index is 10.5. The van der Waals surface area contributed by atoms with Crippen LogP contribution in [0.25, 0.3) is 33.3 Å². The van der Waals surface area contributed by atoms with E-state index in [-0.39, 0.29) is 11.2 Å². The molecule has 6 aromatic rings. The Bertz CT molecular complexity index is 2000. The molecule has 0 amide bonds. The van der Waals surface area contributed by atoms with Crippen LogP contribution in [0.4, 0.5) is 28.6 Å². The Labute approximate surface area is 247 Å². The maximum Gasteiger partial charge on any atom is 0.141 e. The first kappa shape index (κ1) is 24.6. The Balaban J connectivity index is 1.38. The molecule has 5 nitrogen and oxygen atoms in total. The highest BCUT2D eigenvalue weighted by Gasteiger charge is 2.29. The van der Waals surface area contributed by atoms with E-state index in [0.717, 1.165) is 51.0 Å². The molecule has 0 saturated heterocycles. The van der Waals surface area contributed by atoms with Crippen molar-refractivity contribution in [2.24, 2.45) is 0 Å². The van der Waals surface area contributed by atoms with Gasteiger partial charge in [-0.25, -0.2) is 9.97 Å². The minimum atomic E-state index is 0.0673. The van der Waals surface area contributed by atoms with Crippen molar-refractivity contribution in [1.29, 1.82) is 0 Å². The molecular formula is C37H32N4O. The fourth-order valence-electron chi connectivity index (χ4n) is 5.69. The van der Waals surface area contributed by atoms with Gasteiger partial charge in [-0.15, -0.1) is 0 Å². The lowest BCUT2D eigenvalue weighted by atomic mass is 9.86. The monoisotopic (exact) mass is 549 g/mol. The fourth-order valence-corrected chi connectivity index (χ4v) is 5.69. The highest BCUT2D eigenvalue weighted by atomic mass is 16.3. The first-order chi connectivity index (χ1) is 20.7. The molecule has 4 aromatic carbocycles. The first-order valence-electron chi connectivity index (χ1n) is 14.6. The Hall–Kier alpha value is -5.16. The normalized spacial score (nSPS) is 13.1. The molecule has 3 heterocycles. The highest BCUT2D eigenvalue weighted by molar-refractivity contribution is 5.99. The number of pyridine rings is 2. The second-order valence-corrected chi connectivity index (χ2v) is 11.8. The van der Waals surface area contributed by atoms with Crippen molar-refractivity contribution in [3.63, 3.8) is 0 Å². The standard InChI is InChI=1S/C37H32N4O/c1-37(2,3)28-16-11-24(12-17-28)26-14-19-30-32(22-26)41(35-10-5-6-21-38-35)33-23-27(15-20-31(33)40(30)4)29-18-13-25-8-7-9-34(42)36(25)39-29/h5-23,42H,1-4H3/i8D. The van der Waals surface area contributed by atoms with E-state index >= 15 is 0 Å². The first-order valence-corrected chi connectivity index (χ1v) is 14.1. The number of phenolic OH excluding ortho intramolecular Hbond substituents is 1. The molecule has 0 saturated carbocycles. The molecular weight excluding hydrogens is 516 g/mol. The summed E-state index contributed by atoms with van der Waals surface area (Å²) in [5.41, 5.74) is 9.88. The average molecular weight is 550 g/mol. The summed E-state index contributed by atoms with van der Waals surface area (Å²) >= 11 is 0. The van der Waals surface area contributed by atoms with Crippen LogP contribution < -0.4 is 9.80 Å². The topological polar surface area (TPSA) is 52.5 Å². The Morgan fingerprint density at radius 2 is 1.40 bits per heavy atom. The van der Waals surface area contributed by atoms with Crippen molar-refractivity contribution in [2.45, 2.75) is 26.2 Å². The van der Waals surface area contributed by atoms with E-state index in [1.165, 1.54) is 11.6 Å². The van der Waals surface area contributed by atoms with Crippen LogP contribution in [0.2, 0.25) is 0 Å². The molecule has 0 spiro atoms. The van der Waals surface area contributed by atoms with Crippen LogP contribution in [-0.2, 0) is 5.41 Å². The minimum absolute atomic E-state index is 0.0673. The number of nitrogens with zero attached hydrogens (tertiary/aromatic N) is 4. The third kappa shape index (κ3) is 4.34. The Kier molecular flexibility index (Phi) is 5.71. The summed E-state index contributed by atoms with van der Waals surface area (Å²) in [6, 6.07) is 34.9. The number of rotatable bonds is 3. The third-order valence-electron chi connectivity index (χ3n) is 8.03. The summed E-state index contributed by atoms with van der Waals surface area (Å²) in [6.07, 6.45) is 1.82. The number of hydrogen-bond donors (Lipinski definition) is 1. The zero-order chi connectivity index (χ0) is 29.9. The summed E-state index contributed by atoms with van der Waals surface area (Å²) in [5, 5.41) is 11.1. The Morgan fingerprint density at radius 3 is 2.10 bits per heavy atom. The minimum Gasteiger partial charge on any atom is -0.506 e. The maximum absolute atomic E-state index is 10.5. The van der Waals surface area contributed by atoms with Crippen molar-refractivity contribution >= 4 is 39.5 Å². The van der Waals surface area contributed by atoms with Crippen LogP contribution in [0, 0.1) is 0 Å². The molecule has 0 fully saturated rings. The van der Waals surface area contributed by atoms with Crippen LogP contribution in [0.15, 0.2) is 115 Å². The second-order valence-electron chi connectivity index (χ2n) is 11.8. The molecule has 1 aliphatic heterocycles. The second kappa shape index (κ2) is 9.74. The van der Waals surface area contributed by atoms with Crippen molar-refractivity contribution in [3.05, 3.63) is 121 Å². The lowest BCUT2D eigenvalue weighted by molar-refractivity contribution is 0.480. The van der Waals surface area contributed by atoms with Crippen molar-refractivity contribution in [1.82, 2.24) is 9.97 Å². The summed E-state index contributed by atoms with van der Waals surface area (Å²) in [6.45, 7) is 6.70. The van der Waals surface area contributed by atoms with Gasteiger partial charge in [0, 0.05) is 24.2 Å². The van der Waals surface area contributed by atoms with Crippen molar-refractivity contribution in [3.8, 4) is 28.1 Å². The molecule has 0 radical (unpaired) electrons. The van der Waals surface area contributed by atoms with Gasteiger partial charge < -0.3 is 10.0 Å². The molecule has 0 aliphatic carbocycles. The van der Waals surface area contributed by atoms with Crippen LogP contribution in [0.1, 0.15) is 27.7 Å². The lowest BCUT2D eigenvalue weighted by Gasteiger charge is -2.38. The summed E-state index contributed by atoms with van der Waals surface area (Å²) in [5.74, 6) is 0.885. The summed E-state index contributed by atoms with van der Waals surface area (Å²) in [4.78, 5) is 14.0. The zero-order valence-corrected chi connectivity index (χ0v) is 24.1. The van der Waals surface area contributed by atoms with E-state index < -0.39 is 0 Å². The van der Waals surface area contributed by atoms with Gasteiger partial charge in [-0.2, -0.15) is 0 Å². The SMILES string of the molecule is [2H]c1ccc(O)c2nc(-c3ccc4c(c3)N(c3ccccn3)c3cc(-c5ccc(C(C)(C)C)cc5)ccc3N4C)ccc12. The van der Waals surface area contributed by atoms with Crippen LogP contribution in [0.3, 0.4) is 0 Å². The van der Waals surface area contributed by atoms with Gasteiger partial charge in [0.1, 0.15) is 17.1 Å². The van der Waals surface area contributed by atoms with E-state index in [2.05, 4.69) is 98.3 Å². The van der Waals surface area contributed by atoms with Gasteiger partial charge in [0.2, 0.25) is 0 Å². The number of aromatic nitrogens is 2. The smallest absolute Gasteiger partial charge is 0.141 e. The number of anilines is 5. The zero-order valence-electron chi connectivity index (χ0n) is 25.1. The van der Waals surface area contributed by atoms with Gasteiger partial charge >= 0.3 is 0 Å². The van der Waals surface area contributed by atoms with Gasteiger partial charge in [-0.3, -0.25) is 4.90 Å². The third-order valence-corrected chi connectivity index (χ3v) is 8.03. The van der Waals surface area contributed by atoms with E-state index in [1.807, 2.05) is 36.5 Å². The summed E-state index contributed by atoms with van der Waals surface area (Å²) in [7, 11) is 2.09. The molecule has 0 atom stereocenters. The lowest BCUT2D eigenvalue weighted by Crippen LogP contribution is -2.24. The molecule has 0 bridgehead atoms. The quantitative estimate of drug-likeness (QED) is 0.238. The van der Waals surface area contributed by atoms with Gasteiger partial charge in [0.05, 0.1) is 29.8 Å². The van der Waals surface area contributed by atoms with Crippen LogP contribution >= 0.6 is 0 Å². The van der Waals surface area contributed by atoms with Crippen molar-refractivity contribution in [2.75, 3.05) is 16.8 Å². The number of fused-ring (bicyclic) bond motifs is 3. The molecule has 1 N–H and O–H groups in total. The molecule has 1 aliphatic rings. The van der Waals surface area contributed by atoms with Crippen molar-refractivity contribution < 1.29 is 6.48 Å². The number of phenols is 1. The predicted octanol–water partition coefficient (Wildman–Crippen LogP) is 9.52. The van der Waals surface area contributed by atoms with E-state index in [1.54, 1.807) is 6.07 Å². The Morgan fingerprint density at radius 1 is 0.714 bits per heavy atom. The van der Waals surface area contributed by atoms with Gasteiger partial charge in [0.25, 0.3) is 0 Å². The number of hydrogen-bond acceptors (Lipinski definition) is 5. The number of benzene rings is 4. The predicted molar refractivity (Wildman–Crippen MR) is 174 cm³/mol. The molecule has 0 unspecified atom stereocenters. The van der Waals surface area contributed by atoms with Gasteiger partial charge in [-0.1, -0.05) is 81.4 Å². The largest absolute Gasteiger partial charge is 0.506 e. The molecule has 5 heteroatoms. The molecule has 2 aromatic heterocycles. The van der Waals surface area contributed by atoms with Crippen LogP contribution in [0.5, 0.6) is 5.75 Å². The van der Waals surface area contributed by atoms with E-state index in [0.29, 0.717) is 16.9 Å². The fraction of sp³-hybridized carbons (Fsp3) is 0.135.